The first-order valence-electron chi connectivity index (χ1n) is 13.0. The topological polar surface area (TPSA) is 106 Å². The summed E-state index contributed by atoms with van der Waals surface area (Å²) in [4.78, 5) is 28.5. The summed E-state index contributed by atoms with van der Waals surface area (Å²) >= 11 is 0. The van der Waals surface area contributed by atoms with Crippen molar-refractivity contribution in [2.24, 2.45) is 0 Å². The lowest BCUT2D eigenvalue weighted by Gasteiger charge is -2.15. The van der Waals surface area contributed by atoms with Crippen molar-refractivity contribution in [2.45, 2.75) is 64.2 Å². The van der Waals surface area contributed by atoms with Gasteiger partial charge in [0.25, 0.3) is 0 Å². The molecule has 2 aromatic carbocycles. The minimum absolute atomic E-state index is 0.0325. The third kappa shape index (κ3) is 7.57. The fourth-order valence-electron chi connectivity index (χ4n) is 4.70. The Labute approximate surface area is 224 Å². The van der Waals surface area contributed by atoms with Crippen LogP contribution in [0.5, 0.6) is 11.5 Å². The Kier molecular flexibility index (Phi) is 10.3. The lowest BCUT2D eigenvalue weighted by molar-refractivity contribution is 0.0695. The molecule has 0 amide bonds. The number of carbonyl (C=O) groups is 2. The zero-order chi connectivity index (χ0) is 27.7. The van der Waals surface area contributed by atoms with Crippen LogP contribution in [0.25, 0.3) is 0 Å². The second-order valence-electron chi connectivity index (χ2n) is 9.72. The van der Waals surface area contributed by atoms with Gasteiger partial charge in [-0.05, 0) is 91.8 Å². The van der Waals surface area contributed by atoms with Crippen molar-refractivity contribution in [1.82, 2.24) is 4.98 Å². The van der Waals surface area contributed by atoms with E-state index in [0.717, 1.165) is 37.2 Å². The van der Waals surface area contributed by atoms with E-state index in [1.54, 1.807) is 14.2 Å². The molecule has 1 aromatic heterocycles. The van der Waals surface area contributed by atoms with Gasteiger partial charge < -0.3 is 19.7 Å². The van der Waals surface area contributed by atoms with E-state index in [-0.39, 0.29) is 23.0 Å². The largest absolute Gasteiger partial charge is 0.497 e. The first-order chi connectivity index (χ1) is 18.2. The zero-order valence-electron chi connectivity index (χ0n) is 22.6. The molecular weight excluding hydrogens is 482 g/mol. The second kappa shape index (κ2) is 13.6. The third-order valence-corrected chi connectivity index (χ3v) is 7.11. The molecule has 2 N–H and O–H groups in total. The summed E-state index contributed by atoms with van der Waals surface area (Å²) < 4.78 is 10.4. The second-order valence-corrected chi connectivity index (χ2v) is 9.72. The summed E-state index contributed by atoms with van der Waals surface area (Å²) in [6, 6.07) is 17.2. The van der Waals surface area contributed by atoms with Crippen LogP contribution in [0.2, 0.25) is 0 Å². The Hall–Kier alpha value is -3.87. The molecule has 0 saturated carbocycles. The van der Waals surface area contributed by atoms with Crippen LogP contribution in [-0.4, -0.2) is 41.4 Å². The summed E-state index contributed by atoms with van der Waals surface area (Å²) in [6.07, 6.45) is 4.11. The fraction of sp³-hybridized carbons (Fsp3) is 0.387. The molecule has 0 aliphatic heterocycles. The van der Waals surface area contributed by atoms with Gasteiger partial charge in [0.05, 0.1) is 36.7 Å². The van der Waals surface area contributed by atoms with Crippen molar-refractivity contribution >= 4 is 11.9 Å². The number of benzene rings is 2. The Morgan fingerprint density at radius 3 is 1.39 bits per heavy atom. The van der Waals surface area contributed by atoms with Gasteiger partial charge >= 0.3 is 11.9 Å². The van der Waals surface area contributed by atoms with Crippen LogP contribution in [0.1, 0.15) is 94.6 Å². The fourth-order valence-corrected chi connectivity index (χ4v) is 4.70. The SMILES string of the molecule is COc1ccc(C(C)CCCc2nc(CCCC(C)c3ccc(OC)cc3)c(C(=O)O)cc2C(=O)O)cc1. The number of aromatic nitrogens is 1. The predicted octanol–water partition coefficient (Wildman–Crippen LogP) is 6.75. The van der Waals surface area contributed by atoms with Crippen LogP contribution < -0.4 is 9.47 Å². The lowest BCUT2D eigenvalue weighted by atomic mass is 9.93. The lowest BCUT2D eigenvalue weighted by Crippen LogP contribution is -2.14. The number of ether oxygens (including phenoxy) is 2. The molecule has 0 bridgehead atoms. The quantitative estimate of drug-likeness (QED) is 0.243. The summed E-state index contributed by atoms with van der Waals surface area (Å²) in [5.41, 5.74) is 3.20. The number of carboxylic acids is 2. The number of rotatable bonds is 14. The molecule has 2 unspecified atom stereocenters. The molecule has 202 valence electrons. The molecule has 2 atom stereocenters. The number of nitrogens with zero attached hydrogens (tertiary/aromatic N) is 1. The van der Waals surface area contributed by atoms with Crippen LogP contribution in [-0.2, 0) is 12.8 Å². The molecule has 1 heterocycles. The molecule has 7 heteroatoms. The standard InChI is InChI=1S/C31H37NO6/c1-20(22-11-15-24(37-3)16-12-22)7-5-9-28-26(30(33)34)19-27(31(35)36)29(32-28)10-6-8-21(2)23-13-17-25(38-4)18-14-23/h11-21H,5-10H2,1-4H3,(H,33,34)(H,35,36). The monoisotopic (exact) mass is 519 g/mol. The van der Waals surface area contributed by atoms with Crippen molar-refractivity contribution in [3.05, 3.63) is 88.2 Å². The van der Waals surface area contributed by atoms with E-state index in [9.17, 15) is 19.8 Å². The van der Waals surface area contributed by atoms with Crippen LogP contribution in [0, 0.1) is 0 Å². The smallest absolute Gasteiger partial charge is 0.337 e. The van der Waals surface area contributed by atoms with Gasteiger partial charge in [-0.1, -0.05) is 38.1 Å². The van der Waals surface area contributed by atoms with Crippen LogP contribution in [0.15, 0.2) is 54.6 Å². The van der Waals surface area contributed by atoms with E-state index in [1.165, 1.54) is 17.2 Å². The van der Waals surface area contributed by atoms with E-state index in [1.807, 2.05) is 48.5 Å². The molecular formula is C31H37NO6. The Morgan fingerprint density at radius 1 is 0.711 bits per heavy atom. The number of aromatic carboxylic acids is 2. The zero-order valence-corrected chi connectivity index (χ0v) is 22.6. The molecule has 0 spiro atoms. The maximum absolute atomic E-state index is 11.9. The molecule has 3 rings (SSSR count). The summed E-state index contributed by atoms with van der Waals surface area (Å²) in [5, 5.41) is 19.5. The van der Waals surface area contributed by atoms with Gasteiger partial charge in [0.2, 0.25) is 0 Å². The first kappa shape index (κ1) is 28.7. The highest BCUT2D eigenvalue weighted by Gasteiger charge is 2.21. The molecule has 0 saturated heterocycles. The van der Waals surface area contributed by atoms with Crippen molar-refractivity contribution in [1.29, 1.82) is 0 Å². The van der Waals surface area contributed by atoms with Gasteiger partial charge in [-0.25, -0.2) is 9.59 Å². The van der Waals surface area contributed by atoms with Crippen molar-refractivity contribution in [3.63, 3.8) is 0 Å². The van der Waals surface area contributed by atoms with E-state index >= 15 is 0 Å². The summed E-state index contributed by atoms with van der Waals surface area (Å²) in [6.45, 7) is 4.27. The molecule has 0 aliphatic carbocycles. The van der Waals surface area contributed by atoms with Crippen LogP contribution in [0.3, 0.4) is 0 Å². The Balaban J connectivity index is 1.69. The molecule has 38 heavy (non-hydrogen) atoms. The highest BCUT2D eigenvalue weighted by atomic mass is 16.5. The maximum atomic E-state index is 11.9. The molecule has 3 aromatic rings. The Bertz CT molecular complexity index is 1130. The first-order valence-corrected chi connectivity index (χ1v) is 13.0. The number of hydrogen-bond acceptors (Lipinski definition) is 5. The number of carboxylic acid groups (broad SMARTS) is 2. The summed E-state index contributed by atoms with van der Waals surface area (Å²) in [7, 11) is 3.27. The van der Waals surface area contributed by atoms with E-state index in [0.29, 0.717) is 24.2 Å². The van der Waals surface area contributed by atoms with Gasteiger partial charge in [0.1, 0.15) is 11.5 Å². The predicted molar refractivity (Wildman–Crippen MR) is 147 cm³/mol. The van der Waals surface area contributed by atoms with Gasteiger partial charge in [-0.2, -0.15) is 0 Å². The minimum atomic E-state index is -1.15. The van der Waals surface area contributed by atoms with Crippen LogP contribution in [0.4, 0.5) is 0 Å². The van der Waals surface area contributed by atoms with Gasteiger partial charge in [0, 0.05) is 0 Å². The minimum Gasteiger partial charge on any atom is -0.497 e. The highest BCUT2D eigenvalue weighted by molar-refractivity contribution is 5.95. The van der Waals surface area contributed by atoms with Gasteiger partial charge in [-0.15, -0.1) is 0 Å². The molecule has 0 aliphatic rings. The van der Waals surface area contributed by atoms with Gasteiger partial charge in [0.15, 0.2) is 0 Å². The molecule has 7 nitrogen and oxygen atoms in total. The Morgan fingerprint density at radius 2 is 1.08 bits per heavy atom. The average Bonchev–Trinajstić information content (AvgIpc) is 2.92. The van der Waals surface area contributed by atoms with Crippen molar-refractivity contribution < 1.29 is 29.3 Å². The highest BCUT2D eigenvalue weighted by Crippen LogP contribution is 2.27. The van der Waals surface area contributed by atoms with E-state index in [4.69, 9.17) is 9.47 Å². The maximum Gasteiger partial charge on any atom is 0.337 e. The van der Waals surface area contributed by atoms with Crippen molar-refractivity contribution in [2.75, 3.05) is 14.2 Å². The average molecular weight is 520 g/mol. The number of hydrogen-bond donors (Lipinski definition) is 2. The summed E-state index contributed by atoms with van der Waals surface area (Å²) in [5.74, 6) is -0.130. The number of methoxy groups -OCH3 is 2. The number of aryl methyl sites for hydroxylation is 2. The van der Waals surface area contributed by atoms with Gasteiger partial charge in [-0.3, -0.25) is 4.98 Å². The molecule has 0 radical (unpaired) electrons. The van der Waals surface area contributed by atoms with Crippen LogP contribution >= 0.6 is 0 Å². The van der Waals surface area contributed by atoms with E-state index in [2.05, 4.69) is 18.8 Å². The normalized spacial score (nSPS) is 12.5. The molecule has 0 fully saturated rings. The third-order valence-electron chi connectivity index (χ3n) is 7.11. The number of pyridine rings is 1. The van der Waals surface area contributed by atoms with Crippen molar-refractivity contribution in [3.8, 4) is 11.5 Å². The van der Waals surface area contributed by atoms with E-state index < -0.39 is 11.9 Å².